The highest BCUT2D eigenvalue weighted by atomic mass is 16.6. The molecule has 2 aromatic heterocycles. The Morgan fingerprint density at radius 3 is 2.39 bits per heavy atom. The lowest BCUT2D eigenvalue weighted by molar-refractivity contribution is -0.121. The quantitative estimate of drug-likeness (QED) is 0.443. The monoisotopic (exact) mass is 497 g/mol. The second kappa shape index (κ2) is 11.4. The lowest BCUT2D eigenvalue weighted by Gasteiger charge is -2.23. The molecule has 0 saturated carbocycles. The number of hydrogen-bond acceptors (Lipinski definition) is 6. The van der Waals surface area contributed by atoms with Crippen molar-refractivity contribution in [1.82, 2.24) is 24.4 Å². The van der Waals surface area contributed by atoms with E-state index in [2.05, 4.69) is 15.3 Å². The van der Waals surface area contributed by atoms with Crippen LogP contribution in [0.3, 0.4) is 0 Å². The fourth-order valence-electron chi connectivity index (χ4n) is 4.00. The van der Waals surface area contributed by atoms with Gasteiger partial charge in [0.25, 0.3) is 5.56 Å². The van der Waals surface area contributed by atoms with E-state index in [0.29, 0.717) is 30.6 Å². The Morgan fingerprint density at radius 2 is 1.78 bits per heavy atom. The molecule has 0 aliphatic heterocycles. The first-order valence-corrected chi connectivity index (χ1v) is 12.3. The first-order valence-electron chi connectivity index (χ1n) is 12.3. The van der Waals surface area contributed by atoms with Gasteiger partial charge in [-0.25, -0.2) is 14.6 Å². The van der Waals surface area contributed by atoms with Crippen molar-refractivity contribution in [2.75, 3.05) is 0 Å². The summed E-state index contributed by atoms with van der Waals surface area (Å²) < 4.78 is 8.43. The standard InChI is InChI=1S/C26H35N5O5/c1-6-8-19(28-25(35)36-26(3,4)5)20(32)14-13-17-9-11-18(12-10-17)15-31-22-21(23(33)29-24(31)34)30(7-2)16-27-22/h9-12,16,19H,6-8,13-15H2,1-5H3,(H,28,35)(H,29,33,34)/t19-/m0/s1. The fraction of sp³-hybridized carbons (Fsp3) is 0.500. The number of aromatic nitrogens is 4. The molecular weight excluding hydrogens is 462 g/mol. The Morgan fingerprint density at radius 1 is 1.11 bits per heavy atom. The van der Waals surface area contributed by atoms with E-state index in [1.807, 2.05) is 38.1 Å². The van der Waals surface area contributed by atoms with Gasteiger partial charge in [-0.15, -0.1) is 0 Å². The molecule has 0 fully saturated rings. The van der Waals surface area contributed by atoms with E-state index in [1.165, 1.54) is 4.57 Å². The number of ether oxygens (including phenoxy) is 1. The molecule has 0 radical (unpaired) electrons. The third-order valence-electron chi connectivity index (χ3n) is 5.78. The number of carbonyl (C=O) groups is 2. The highest BCUT2D eigenvalue weighted by Crippen LogP contribution is 2.13. The number of rotatable bonds is 10. The number of nitrogens with one attached hydrogen (secondary N) is 2. The molecule has 36 heavy (non-hydrogen) atoms. The van der Waals surface area contributed by atoms with E-state index in [9.17, 15) is 19.2 Å². The van der Waals surface area contributed by atoms with Crippen LogP contribution in [0.25, 0.3) is 11.2 Å². The number of carbonyl (C=O) groups excluding carboxylic acids is 2. The summed E-state index contributed by atoms with van der Waals surface area (Å²) in [5, 5.41) is 2.70. The average Bonchev–Trinajstić information content (AvgIpc) is 3.24. The van der Waals surface area contributed by atoms with Gasteiger partial charge < -0.3 is 14.6 Å². The second-order valence-electron chi connectivity index (χ2n) is 9.82. The minimum absolute atomic E-state index is 0.0412. The molecule has 0 saturated heterocycles. The van der Waals surface area contributed by atoms with Crippen LogP contribution in [0.15, 0.2) is 40.2 Å². The van der Waals surface area contributed by atoms with Crippen LogP contribution in [-0.2, 0) is 29.0 Å². The summed E-state index contributed by atoms with van der Waals surface area (Å²) in [6, 6.07) is 7.03. The van der Waals surface area contributed by atoms with Gasteiger partial charge in [-0.05, 0) is 51.7 Å². The van der Waals surface area contributed by atoms with Crippen LogP contribution in [0, 0.1) is 0 Å². The zero-order valence-electron chi connectivity index (χ0n) is 21.6. The number of ketones is 1. The van der Waals surface area contributed by atoms with E-state index in [-0.39, 0.29) is 18.7 Å². The molecule has 0 bridgehead atoms. The fourth-order valence-corrected chi connectivity index (χ4v) is 4.00. The molecular formula is C26H35N5O5. The van der Waals surface area contributed by atoms with Gasteiger partial charge in [0.1, 0.15) is 5.60 Å². The minimum atomic E-state index is -0.631. The number of benzene rings is 1. The molecule has 2 N–H and O–H groups in total. The summed E-state index contributed by atoms with van der Waals surface area (Å²) >= 11 is 0. The van der Waals surface area contributed by atoms with Gasteiger partial charge in [-0.2, -0.15) is 0 Å². The number of alkyl carbamates (subject to hydrolysis) is 1. The average molecular weight is 498 g/mol. The zero-order chi connectivity index (χ0) is 26.5. The van der Waals surface area contributed by atoms with Crippen molar-refractivity contribution >= 4 is 23.0 Å². The SMILES string of the molecule is CCC[C@H](NC(=O)OC(C)(C)C)C(=O)CCc1ccc(Cn2c(=O)[nH]c(=O)c3c2ncn3CC)cc1. The van der Waals surface area contributed by atoms with E-state index in [4.69, 9.17) is 4.74 Å². The Bertz CT molecular complexity index is 1330. The normalized spacial score (nSPS) is 12.5. The first kappa shape index (κ1) is 26.9. The van der Waals surface area contributed by atoms with Gasteiger partial charge >= 0.3 is 11.8 Å². The Labute approximate surface area is 209 Å². The Kier molecular flexibility index (Phi) is 8.49. The highest BCUT2D eigenvalue weighted by Gasteiger charge is 2.23. The third kappa shape index (κ3) is 6.71. The van der Waals surface area contributed by atoms with Crippen molar-refractivity contribution in [3.05, 3.63) is 62.6 Å². The van der Waals surface area contributed by atoms with Gasteiger partial charge in [-0.3, -0.25) is 19.1 Å². The summed E-state index contributed by atoms with van der Waals surface area (Å²) in [5.41, 5.74) is 0.953. The molecule has 0 spiro atoms. The lowest BCUT2D eigenvalue weighted by Crippen LogP contribution is -2.43. The van der Waals surface area contributed by atoms with Crippen molar-refractivity contribution in [2.45, 2.75) is 85.0 Å². The van der Waals surface area contributed by atoms with Gasteiger partial charge in [0.05, 0.1) is 18.9 Å². The maximum Gasteiger partial charge on any atom is 0.408 e. The molecule has 0 aliphatic rings. The number of nitrogens with zero attached hydrogens (tertiary/aromatic N) is 3. The maximum atomic E-state index is 12.8. The van der Waals surface area contributed by atoms with Gasteiger partial charge in [0, 0.05) is 13.0 Å². The molecule has 10 nitrogen and oxygen atoms in total. The number of imidazole rings is 1. The molecule has 3 aromatic rings. The van der Waals surface area contributed by atoms with Gasteiger partial charge in [0.2, 0.25) is 0 Å². The first-order chi connectivity index (χ1) is 17.0. The molecule has 3 rings (SSSR count). The molecule has 1 atom stereocenters. The van der Waals surface area contributed by atoms with E-state index in [0.717, 1.165) is 17.5 Å². The largest absolute Gasteiger partial charge is 0.444 e. The minimum Gasteiger partial charge on any atom is -0.444 e. The number of aryl methyl sites for hydroxylation is 2. The van der Waals surface area contributed by atoms with Crippen LogP contribution in [0.4, 0.5) is 4.79 Å². The van der Waals surface area contributed by atoms with Crippen molar-refractivity contribution in [2.24, 2.45) is 0 Å². The molecule has 0 unspecified atom stereocenters. The Balaban J connectivity index is 1.65. The number of Topliss-reactive ketones (excluding diaryl/α,β-unsaturated/α-hetero) is 1. The van der Waals surface area contributed by atoms with Crippen LogP contribution < -0.4 is 16.6 Å². The number of fused-ring (bicyclic) bond motifs is 1. The van der Waals surface area contributed by atoms with Crippen LogP contribution in [0.1, 0.15) is 65.0 Å². The zero-order valence-corrected chi connectivity index (χ0v) is 21.6. The summed E-state index contributed by atoms with van der Waals surface area (Å²) in [6.07, 6.45) is 3.09. The predicted molar refractivity (Wildman–Crippen MR) is 137 cm³/mol. The highest BCUT2D eigenvalue weighted by molar-refractivity contribution is 5.87. The predicted octanol–water partition coefficient (Wildman–Crippen LogP) is 3.15. The molecule has 1 aromatic carbocycles. The van der Waals surface area contributed by atoms with Crippen molar-refractivity contribution in [3.63, 3.8) is 0 Å². The molecule has 0 aliphatic carbocycles. The molecule has 10 heteroatoms. The smallest absolute Gasteiger partial charge is 0.408 e. The van der Waals surface area contributed by atoms with Crippen LogP contribution in [-0.4, -0.2) is 42.6 Å². The number of hydrogen-bond donors (Lipinski definition) is 2. The van der Waals surface area contributed by atoms with Crippen LogP contribution in [0.5, 0.6) is 0 Å². The van der Waals surface area contributed by atoms with Crippen LogP contribution >= 0.6 is 0 Å². The van der Waals surface area contributed by atoms with Gasteiger partial charge in [-0.1, -0.05) is 37.6 Å². The second-order valence-corrected chi connectivity index (χ2v) is 9.82. The van der Waals surface area contributed by atoms with E-state index < -0.39 is 29.0 Å². The Hall–Kier alpha value is -3.69. The molecule has 2 heterocycles. The van der Waals surface area contributed by atoms with Gasteiger partial charge in [0.15, 0.2) is 16.9 Å². The summed E-state index contributed by atoms with van der Waals surface area (Å²) in [4.78, 5) is 56.2. The van der Waals surface area contributed by atoms with Crippen molar-refractivity contribution in [3.8, 4) is 0 Å². The van der Waals surface area contributed by atoms with Crippen molar-refractivity contribution in [1.29, 1.82) is 0 Å². The molecule has 1 amide bonds. The summed E-state index contributed by atoms with van der Waals surface area (Å²) in [7, 11) is 0. The lowest BCUT2D eigenvalue weighted by atomic mass is 10.00. The number of H-pyrrole nitrogens is 1. The summed E-state index contributed by atoms with van der Waals surface area (Å²) in [6.45, 7) is 10.0. The van der Waals surface area contributed by atoms with Crippen molar-refractivity contribution < 1.29 is 14.3 Å². The molecule has 194 valence electrons. The number of amides is 1. The summed E-state index contributed by atoms with van der Waals surface area (Å²) in [5.74, 6) is -0.0412. The third-order valence-corrected chi connectivity index (χ3v) is 5.78. The topological polar surface area (TPSA) is 128 Å². The number of aromatic amines is 1. The van der Waals surface area contributed by atoms with E-state index in [1.54, 1.807) is 31.7 Å². The maximum absolute atomic E-state index is 12.8. The van der Waals surface area contributed by atoms with Crippen LogP contribution in [0.2, 0.25) is 0 Å². The van der Waals surface area contributed by atoms with E-state index >= 15 is 0 Å².